The molecule has 0 aliphatic heterocycles. The number of benzene rings is 9. The highest BCUT2D eigenvalue weighted by molar-refractivity contribution is 7.26. The number of fused-ring (bicyclic) bond motifs is 16. The second kappa shape index (κ2) is 11.9. The lowest BCUT2D eigenvalue weighted by Gasteiger charge is -2.31. The van der Waals surface area contributed by atoms with E-state index in [4.69, 9.17) is 4.42 Å². The van der Waals surface area contributed by atoms with Gasteiger partial charge in [-0.15, -0.1) is 11.3 Å². The fraction of sp³-hybridized carbons (Fsp3) is 0.0182. The van der Waals surface area contributed by atoms with Crippen molar-refractivity contribution in [2.24, 2.45) is 0 Å². The molecule has 3 heteroatoms. The summed E-state index contributed by atoms with van der Waals surface area (Å²) in [5, 5.41) is 4.82. The maximum Gasteiger partial charge on any atom is 0.136 e. The van der Waals surface area contributed by atoms with Crippen molar-refractivity contribution in [3.8, 4) is 33.4 Å². The Morgan fingerprint density at radius 1 is 0.379 bits per heavy atom. The van der Waals surface area contributed by atoms with Crippen molar-refractivity contribution in [3.05, 3.63) is 222 Å². The maximum atomic E-state index is 6.44. The van der Waals surface area contributed by atoms with Crippen molar-refractivity contribution in [3.63, 3.8) is 0 Å². The number of anilines is 3. The van der Waals surface area contributed by atoms with Crippen molar-refractivity contribution < 1.29 is 4.42 Å². The van der Waals surface area contributed by atoms with Crippen molar-refractivity contribution >= 4 is 70.5 Å². The lowest BCUT2D eigenvalue weighted by molar-refractivity contribution is 0.669. The standard InChI is InChI=1S/C55H33NOS/c1-7-23-44-35(15-1)36-16-2-8-24-45(36)55(44)46-25-9-3-17-37(46)43-33-34(31-32-47(43)55)56(49-27-13-22-41-39-19-6-12-30-52(39)58-54(41)49)48-26-10-4-18-38(48)40-21-14-29-51-53(40)42-20-5-11-28-50(42)57-51/h1-33H. The summed E-state index contributed by atoms with van der Waals surface area (Å²) in [5.74, 6) is 0. The van der Waals surface area contributed by atoms with E-state index in [1.54, 1.807) is 0 Å². The molecule has 2 heterocycles. The number of hydrogen-bond donors (Lipinski definition) is 0. The van der Waals surface area contributed by atoms with E-state index in [-0.39, 0.29) is 0 Å². The molecule has 2 nitrogen and oxygen atoms in total. The fourth-order valence-electron chi connectivity index (χ4n) is 10.4. The van der Waals surface area contributed by atoms with Crippen molar-refractivity contribution in [2.45, 2.75) is 5.41 Å². The van der Waals surface area contributed by atoms with Crippen LogP contribution < -0.4 is 4.90 Å². The average Bonchev–Trinajstić information content (AvgIpc) is 4.02. The second-order valence-electron chi connectivity index (χ2n) is 15.5. The summed E-state index contributed by atoms with van der Waals surface area (Å²) in [6.07, 6.45) is 0. The summed E-state index contributed by atoms with van der Waals surface area (Å²) in [6.45, 7) is 0. The van der Waals surface area contributed by atoms with Crippen LogP contribution in [0.2, 0.25) is 0 Å². The normalized spacial score (nSPS) is 13.3. The molecular formula is C55H33NOS. The Hall–Kier alpha value is -7.20. The van der Waals surface area contributed by atoms with Crippen LogP contribution in [0.1, 0.15) is 22.3 Å². The molecule has 58 heavy (non-hydrogen) atoms. The summed E-state index contributed by atoms with van der Waals surface area (Å²) in [4.78, 5) is 2.51. The van der Waals surface area contributed by atoms with Gasteiger partial charge in [0.1, 0.15) is 11.2 Å². The number of hydrogen-bond acceptors (Lipinski definition) is 3. The first-order valence-electron chi connectivity index (χ1n) is 19.9. The van der Waals surface area contributed by atoms with E-state index in [2.05, 4.69) is 199 Å². The minimum Gasteiger partial charge on any atom is -0.456 e. The van der Waals surface area contributed by atoms with Crippen LogP contribution in [0.15, 0.2) is 205 Å². The van der Waals surface area contributed by atoms with Gasteiger partial charge in [-0.2, -0.15) is 0 Å². The third-order valence-electron chi connectivity index (χ3n) is 12.7. The predicted molar refractivity (Wildman–Crippen MR) is 243 cm³/mol. The Kier molecular flexibility index (Phi) is 6.56. The molecule has 0 bridgehead atoms. The largest absolute Gasteiger partial charge is 0.456 e. The Balaban J connectivity index is 1.11. The van der Waals surface area contributed by atoms with Crippen LogP contribution in [-0.2, 0) is 5.41 Å². The first kappa shape index (κ1) is 31.9. The molecule has 0 amide bonds. The zero-order valence-corrected chi connectivity index (χ0v) is 32.1. The molecular weight excluding hydrogens is 723 g/mol. The van der Waals surface area contributed by atoms with Gasteiger partial charge in [-0.05, 0) is 92.5 Å². The quantitative estimate of drug-likeness (QED) is 0.178. The van der Waals surface area contributed by atoms with Crippen LogP contribution in [0.5, 0.6) is 0 Å². The lowest BCUT2D eigenvalue weighted by atomic mass is 9.70. The molecule has 2 aliphatic rings. The van der Waals surface area contributed by atoms with Crippen LogP contribution in [0.4, 0.5) is 17.1 Å². The zero-order valence-electron chi connectivity index (χ0n) is 31.3. The summed E-state index contributed by atoms with van der Waals surface area (Å²) in [5.41, 5.74) is 17.7. The summed E-state index contributed by atoms with van der Waals surface area (Å²) in [7, 11) is 0. The van der Waals surface area contributed by atoms with Crippen LogP contribution in [0.3, 0.4) is 0 Å². The van der Waals surface area contributed by atoms with Gasteiger partial charge < -0.3 is 9.32 Å². The number of para-hydroxylation sites is 2. The topological polar surface area (TPSA) is 16.4 Å². The van der Waals surface area contributed by atoms with E-state index < -0.39 is 5.41 Å². The molecule has 11 aromatic rings. The molecule has 13 rings (SSSR count). The van der Waals surface area contributed by atoms with E-state index in [9.17, 15) is 0 Å². The first-order valence-corrected chi connectivity index (χ1v) is 20.7. The average molecular weight is 756 g/mol. The Bertz CT molecular complexity index is 3450. The zero-order chi connectivity index (χ0) is 38.0. The molecule has 0 radical (unpaired) electrons. The second-order valence-corrected chi connectivity index (χ2v) is 16.6. The van der Waals surface area contributed by atoms with E-state index in [0.29, 0.717) is 0 Å². The van der Waals surface area contributed by atoms with Crippen molar-refractivity contribution in [1.29, 1.82) is 0 Å². The molecule has 0 fully saturated rings. The highest BCUT2D eigenvalue weighted by Gasteiger charge is 2.51. The minimum atomic E-state index is -0.399. The van der Waals surface area contributed by atoms with Crippen molar-refractivity contribution in [1.82, 2.24) is 0 Å². The molecule has 2 aliphatic carbocycles. The fourth-order valence-corrected chi connectivity index (χ4v) is 11.6. The summed E-state index contributed by atoms with van der Waals surface area (Å²) < 4.78 is 9.00. The maximum absolute atomic E-state index is 6.44. The molecule has 0 atom stereocenters. The highest BCUT2D eigenvalue weighted by Crippen LogP contribution is 2.63. The number of furan rings is 1. The summed E-state index contributed by atoms with van der Waals surface area (Å²) in [6, 6.07) is 73.7. The first-order chi connectivity index (χ1) is 28.8. The van der Waals surface area contributed by atoms with Gasteiger partial charge >= 0.3 is 0 Å². The van der Waals surface area contributed by atoms with Gasteiger partial charge in [0.25, 0.3) is 0 Å². The van der Waals surface area contributed by atoms with Gasteiger partial charge in [-0.25, -0.2) is 0 Å². The van der Waals surface area contributed by atoms with E-state index in [1.165, 1.54) is 64.7 Å². The highest BCUT2D eigenvalue weighted by atomic mass is 32.1. The van der Waals surface area contributed by atoms with Crippen molar-refractivity contribution in [2.75, 3.05) is 4.90 Å². The lowest BCUT2D eigenvalue weighted by Crippen LogP contribution is -2.25. The van der Waals surface area contributed by atoms with Gasteiger partial charge in [0.2, 0.25) is 0 Å². The van der Waals surface area contributed by atoms with Gasteiger partial charge in [-0.3, -0.25) is 0 Å². The van der Waals surface area contributed by atoms with Crippen LogP contribution in [-0.4, -0.2) is 0 Å². The molecule has 0 saturated heterocycles. The molecule has 270 valence electrons. The monoisotopic (exact) mass is 755 g/mol. The third kappa shape index (κ3) is 4.16. The Morgan fingerprint density at radius 2 is 0.914 bits per heavy atom. The van der Waals surface area contributed by atoms with Gasteiger partial charge in [0.15, 0.2) is 0 Å². The van der Waals surface area contributed by atoms with E-state index in [1.807, 2.05) is 17.4 Å². The minimum absolute atomic E-state index is 0.399. The smallest absolute Gasteiger partial charge is 0.136 e. The van der Waals surface area contributed by atoms with Crippen LogP contribution >= 0.6 is 11.3 Å². The van der Waals surface area contributed by atoms with Crippen LogP contribution in [0, 0.1) is 0 Å². The van der Waals surface area contributed by atoms with Gasteiger partial charge in [0.05, 0.1) is 21.5 Å². The molecule has 9 aromatic carbocycles. The van der Waals surface area contributed by atoms with Gasteiger partial charge in [-0.1, -0.05) is 158 Å². The van der Waals surface area contributed by atoms with E-state index in [0.717, 1.165) is 50.1 Å². The third-order valence-corrected chi connectivity index (χ3v) is 13.9. The van der Waals surface area contributed by atoms with Crippen LogP contribution in [0.25, 0.3) is 75.5 Å². The number of thiophene rings is 1. The Labute approximate surface area is 339 Å². The predicted octanol–water partition coefficient (Wildman–Crippen LogP) is 15.4. The molecule has 2 aromatic heterocycles. The molecule has 0 unspecified atom stereocenters. The Morgan fingerprint density at radius 3 is 1.69 bits per heavy atom. The molecule has 0 N–H and O–H groups in total. The SMILES string of the molecule is c1ccc(N(c2ccc3c(c2)-c2ccccc2C32c3ccccc3-c3ccccc32)c2cccc3c2sc2ccccc23)c(-c2cccc3oc4ccccc4c23)c1. The number of rotatable bonds is 4. The van der Waals surface area contributed by atoms with E-state index >= 15 is 0 Å². The number of nitrogens with zero attached hydrogens (tertiary/aromatic N) is 1. The van der Waals surface area contributed by atoms with Gasteiger partial charge in [0, 0.05) is 37.5 Å². The summed E-state index contributed by atoms with van der Waals surface area (Å²) >= 11 is 1.87. The molecule has 0 saturated carbocycles. The molecule has 1 spiro atoms.